The Bertz CT molecular complexity index is 3870. The Morgan fingerprint density at radius 2 is 0.875 bits per heavy atom. The van der Waals surface area contributed by atoms with E-state index in [9.17, 15) is 0 Å². The van der Waals surface area contributed by atoms with Gasteiger partial charge in [0.1, 0.15) is 11.2 Å². The second kappa shape index (κ2) is 14.5. The van der Waals surface area contributed by atoms with Gasteiger partial charge in [0.15, 0.2) is 5.82 Å². The molecule has 0 saturated carbocycles. The first kappa shape index (κ1) is 36.0. The Hall–Kier alpha value is -8.67. The van der Waals surface area contributed by atoms with E-state index >= 15 is 0 Å². The van der Waals surface area contributed by atoms with Gasteiger partial charge < -0.3 is 8.98 Å². The summed E-state index contributed by atoms with van der Waals surface area (Å²) in [6, 6.07) is 76.5. The third-order valence-corrected chi connectivity index (χ3v) is 12.6. The van der Waals surface area contributed by atoms with E-state index < -0.39 is 0 Å². The Morgan fingerprint density at radius 3 is 1.56 bits per heavy atom. The highest BCUT2D eigenvalue weighted by Gasteiger charge is 2.22. The summed E-state index contributed by atoms with van der Waals surface area (Å²) in [5, 5.41) is 7.99. The molecule has 4 heterocycles. The molecule has 0 aliphatic rings. The molecule has 0 aliphatic carbocycles. The number of pyridine rings is 1. The fourth-order valence-electron chi connectivity index (χ4n) is 9.67. The van der Waals surface area contributed by atoms with Crippen LogP contribution in [0.4, 0.5) is 0 Å². The molecule has 13 rings (SSSR count). The lowest BCUT2D eigenvalue weighted by atomic mass is 9.89. The molecule has 4 aromatic heterocycles. The minimum atomic E-state index is 0.666. The summed E-state index contributed by atoms with van der Waals surface area (Å²) >= 11 is 0. The molecular weight excluding hydrogens is 781 g/mol. The van der Waals surface area contributed by atoms with Crippen molar-refractivity contribution in [1.82, 2.24) is 19.5 Å². The fraction of sp³-hybridized carbons (Fsp3) is 0. The molecule has 5 heteroatoms. The van der Waals surface area contributed by atoms with Crippen LogP contribution in [-0.2, 0) is 0 Å². The number of para-hydroxylation sites is 4. The zero-order valence-electron chi connectivity index (χ0n) is 34.5. The van der Waals surface area contributed by atoms with Gasteiger partial charge in [-0.25, -0.2) is 15.0 Å². The monoisotopic (exact) mass is 816 g/mol. The summed E-state index contributed by atoms with van der Waals surface area (Å²) in [4.78, 5) is 15.8. The Morgan fingerprint density at radius 1 is 0.344 bits per heavy atom. The van der Waals surface area contributed by atoms with Gasteiger partial charge in [0.25, 0.3) is 0 Å². The van der Waals surface area contributed by atoms with E-state index in [2.05, 4.69) is 211 Å². The maximum atomic E-state index is 6.61. The molecule has 0 N–H and O–H groups in total. The molecule has 0 atom stereocenters. The van der Waals surface area contributed by atoms with Crippen molar-refractivity contribution >= 4 is 65.4 Å². The van der Waals surface area contributed by atoms with Gasteiger partial charge in [0.2, 0.25) is 0 Å². The first-order valence-corrected chi connectivity index (χ1v) is 21.6. The zero-order chi connectivity index (χ0) is 42.1. The number of rotatable bonds is 6. The third-order valence-electron chi connectivity index (χ3n) is 12.6. The highest BCUT2D eigenvalue weighted by Crippen LogP contribution is 2.46. The van der Waals surface area contributed by atoms with Gasteiger partial charge in [-0.3, -0.25) is 0 Å². The topological polar surface area (TPSA) is 56.7 Å². The van der Waals surface area contributed by atoms with Crippen molar-refractivity contribution < 1.29 is 4.42 Å². The molecule has 13 aromatic rings. The van der Waals surface area contributed by atoms with Gasteiger partial charge >= 0.3 is 0 Å². The van der Waals surface area contributed by atoms with Crippen molar-refractivity contribution in [1.29, 1.82) is 0 Å². The van der Waals surface area contributed by atoms with Gasteiger partial charge in [0.05, 0.1) is 33.6 Å². The van der Waals surface area contributed by atoms with Gasteiger partial charge in [-0.1, -0.05) is 158 Å². The van der Waals surface area contributed by atoms with Crippen LogP contribution in [0.1, 0.15) is 0 Å². The van der Waals surface area contributed by atoms with E-state index in [1.54, 1.807) is 0 Å². The molecule has 0 fully saturated rings. The molecular formula is C59H36N4O. The van der Waals surface area contributed by atoms with E-state index in [-0.39, 0.29) is 0 Å². The molecule has 0 bridgehead atoms. The number of fused-ring (bicyclic) bond motifs is 9. The van der Waals surface area contributed by atoms with Crippen molar-refractivity contribution in [2.24, 2.45) is 0 Å². The van der Waals surface area contributed by atoms with Crippen molar-refractivity contribution in [2.75, 3.05) is 0 Å². The average molecular weight is 817 g/mol. The van der Waals surface area contributed by atoms with Crippen LogP contribution in [-0.4, -0.2) is 19.5 Å². The lowest BCUT2D eigenvalue weighted by molar-refractivity contribution is 0.669. The summed E-state index contributed by atoms with van der Waals surface area (Å²) in [5.74, 6) is 0.666. The first-order valence-electron chi connectivity index (χ1n) is 21.6. The Balaban J connectivity index is 0.953. The summed E-state index contributed by atoms with van der Waals surface area (Å²) in [5.41, 5.74) is 14.9. The number of aromatic nitrogens is 4. The summed E-state index contributed by atoms with van der Waals surface area (Å²) < 4.78 is 8.95. The van der Waals surface area contributed by atoms with Crippen LogP contribution in [0.15, 0.2) is 223 Å². The van der Waals surface area contributed by atoms with Crippen molar-refractivity contribution in [2.45, 2.75) is 0 Å². The van der Waals surface area contributed by atoms with Crippen LogP contribution in [0.5, 0.6) is 0 Å². The third kappa shape index (κ3) is 5.75. The van der Waals surface area contributed by atoms with Crippen molar-refractivity contribution in [3.05, 3.63) is 218 Å². The minimum Gasteiger partial charge on any atom is -0.456 e. The highest BCUT2D eigenvalue weighted by atomic mass is 16.3. The predicted octanol–water partition coefficient (Wildman–Crippen LogP) is 15.5. The quantitative estimate of drug-likeness (QED) is 0.157. The molecule has 298 valence electrons. The number of hydrogen-bond acceptors (Lipinski definition) is 4. The van der Waals surface area contributed by atoms with Crippen LogP contribution in [0.2, 0.25) is 0 Å². The second-order valence-electron chi connectivity index (χ2n) is 16.3. The lowest BCUT2D eigenvalue weighted by Crippen LogP contribution is -1.97. The van der Waals surface area contributed by atoms with Crippen LogP contribution in [0.25, 0.3) is 127 Å². The van der Waals surface area contributed by atoms with Crippen molar-refractivity contribution in [3.63, 3.8) is 0 Å². The lowest BCUT2D eigenvalue weighted by Gasteiger charge is -2.16. The van der Waals surface area contributed by atoms with Gasteiger partial charge in [-0.05, 0) is 66.2 Å². The summed E-state index contributed by atoms with van der Waals surface area (Å²) in [6.45, 7) is 0. The van der Waals surface area contributed by atoms with Crippen LogP contribution < -0.4 is 0 Å². The van der Waals surface area contributed by atoms with Gasteiger partial charge in [0, 0.05) is 71.2 Å². The van der Waals surface area contributed by atoms with Crippen LogP contribution >= 0.6 is 0 Å². The second-order valence-corrected chi connectivity index (χ2v) is 16.3. The standard InChI is InChI=1S/C59H36N4O/c1-3-15-37(16-4-1)49-36-50(62-59(61-49)41-31-33-42(34-32-41)63-51-24-12-8-19-43(51)44-20-9-13-25-52(44)63)38-27-29-40(30-28-38)58-47-35-54-57(46-22-10-14-26-53(46)64-54)55(39-17-5-2-6-18-39)56(47)45-21-7-11-23-48(45)60-58/h1-36H. The van der Waals surface area contributed by atoms with Gasteiger partial charge in [-0.2, -0.15) is 0 Å². The van der Waals surface area contributed by atoms with Crippen molar-refractivity contribution in [3.8, 4) is 62.0 Å². The molecule has 0 amide bonds. The van der Waals surface area contributed by atoms with E-state index in [0.717, 1.165) is 99.8 Å². The predicted molar refractivity (Wildman–Crippen MR) is 264 cm³/mol. The molecule has 5 nitrogen and oxygen atoms in total. The maximum absolute atomic E-state index is 6.61. The zero-order valence-corrected chi connectivity index (χ0v) is 34.5. The molecule has 0 unspecified atom stereocenters. The summed E-state index contributed by atoms with van der Waals surface area (Å²) in [7, 11) is 0. The maximum Gasteiger partial charge on any atom is 0.160 e. The average Bonchev–Trinajstić information content (AvgIpc) is 3.91. The molecule has 64 heavy (non-hydrogen) atoms. The molecule has 0 saturated heterocycles. The fourth-order valence-corrected chi connectivity index (χ4v) is 9.67. The SMILES string of the molecule is c1ccc(-c2cc(-c3ccc(-c4nc5ccccc5c5c(-c6ccccc6)c6c(cc45)oc4ccccc46)cc3)nc(-c3ccc(-n4c5ccccc5c5ccccc54)cc3)n2)cc1. The largest absolute Gasteiger partial charge is 0.456 e. The van der Waals surface area contributed by atoms with Crippen LogP contribution in [0.3, 0.4) is 0 Å². The smallest absolute Gasteiger partial charge is 0.160 e. The first-order chi connectivity index (χ1) is 31.7. The van der Waals surface area contributed by atoms with E-state index in [0.29, 0.717) is 5.82 Å². The molecule has 9 aromatic carbocycles. The van der Waals surface area contributed by atoms with E-state index in [1.165, 1.54) is 21.8 Å². The summed E-state index contributed by atoms with van der Waals surface area (Å²) in [6.07, 6.45) is 0. The minimum absolute atomic E-state index is 0.666. The highest BCUT2D eigenvalue weighted by molar-refractivity contribution is 6.27. The molecule has 0 radical (unpaired) electrons. The van der Waals surface area contributed by atoms with E-state index in [4.69, 9.17) is 19.4 Å². The number of hydrogen-bond donors (Lipinski definition) is 0. The number of furan rings is 1. The Kier molecular flexibility index (Phi) is 8.15. The normalized spacial score (nSPS) is 11.8. The Labute approximate surface area is 368 Å². The molecule has 0 aliphatic heterocycles. The van der Waals surface area contributed by atoms with E-state index in [1.807, 2.05) is 12.1 Å². The van der Waals surface area contributed by atoms with Gasteiger partial charge in [-0.15, -0.1) is 0 Å². The van der Waals surface area contributed by atoms with Crippen LogP contribution in [0, 0.1) is 0 Å². The molecule has 0 spiro atoms. The number of nitrogens with zero attached hydrogens (tertiary/aromatic N) is 4. The number of benzene rings is 9.